The summed E-state index contributed by atoms with van der Waals surface area (Å²) in [5.74, 6) is 0.628. The molecule has 5 heteroatoms. The van der Waals surface area contributed by atoms with Crippen molar-refractivity contribution in [3.05, 3.63) is 35.4 Å². The predicted molar refractivity (Wildman–Crippen MR) is 82.1 cm³/mol. The topological polar surface area (TPSA) is 60.1 Å². The van der Waals surface area contributed by atoms with E-state index < -0.39 is 0 Å². The van der Waals surface area contributed by atoms with Gasteiger partial charge in [-0.1, -0.05) is 24.3 Å². The smallest absolute Gasteiger partial charge is 0.192 e. The molecular formula is C16H23N3O2. The first-order chi connectivity index (χ1) is 10.3. The zero-order valence-corrected chi connectivity index (χ0v) is 12.5. The van der Waals surface area contributed by atoms with Gasteiger partial charge >= 0.3 is 0 Å². The first-order valence-corrected chi connectivity index (χ1v) is 7.54. The zero-order chi connectivity index (χ0) is 14.7. The molecule has 2 unspecified atom stereocenters. The summed E-state index contributed by atoms with van der Waals surface area (Å²) in [7, 11) is 1.72. The number of benzene rings is 1. The molecule has 0 saturated carbocycles. The Labute approximate surface area is 125 Å². The molecule has 0 spiro atoms. The Morgan fingerprint density at radius 3 is 3.05 bits per heavy atom. The van der Waals surface area contributed by atoms with Crippen LogP contribution in [0.2, 0.25) is 0 Å². The molecule has 3 rings (SSSR count). The van der Waals surface area contributed by atoms with Crippen molar-refractivity contribution in [2.75, 3.05) is 26.8 Å². The van der Waals surface area contributed by atoms with E-state index in [4.69, 9.17) is 15.2 Å². The number of nitrogens with zero attached hydrogens (tertiary/aromatic N) is 2. The van der Waals surface area contributed by atoms with Crippen molar-refractivity contribution in [3.63, 3.8) is 0 Å². The van der Waals surface area contributed by atoms with Crippen molar-refractivity contribution in [2.45, 2.75) is 31.6 Å². The monoisotopic (exact) mass is 289 g/mol. The van der Waals surface area contributed by atoms with Crippen LogP contribution in [-0.4, -0.2) is 43.8 Å². The van der Waals surface area contributed by atoms with E-state index in [0.29, 0.717) is 19.1 Å². The summed E-state index contributed by atoms with van der Waals surface area (Å²) in [5, 5.41) is 0. The van der Waals surface area contributed by atoms with E-state index in [1.54, 1.807) is 7.11 Å². The van der Waals surface area contributed by atoms with Crippen LogP contribution in [0.4, 0.5) is 0 Å². The van der Waals surface area contributed by atoms with Crippen LogP contribution in [0.25, 0.3) is 0 Å². The molecule has 0 aromatic heterocycles. The van der Waals surface area contributed by atoms with Crippen molar-refractivity contribution in [3.8, 4) is 0 Å². The molecule has 1 fully saturated rings. The van der Waals surface area contributed by atoms with Gasteiger partial charge in [0.15, 0.2) is 5.96 Å². The molecule has 0 amide bonds. The first kappa shape index (κ1) is 14.4. The van der Waals surface area contributed by atoms with Crippen LogP contribution in [0, 0.1) is 0 Å². The summed E-state index contributed by atoms with van der Waals surface area (Å²) in [5.41, 5.74) is 8.55. The van der Waals surface area contributed by atoms with E-state index >= 15 is 0 Å². The van der Waals surface area contributed by atoms with Gasteiger partial charge in [0.05, 0.1) is 25.3 Å². The molecule has 114 valence electrons. The zero-order valence-electron chi connectivity index (χ0n) is 12.5. The largest absolute Gasteiger partial charge is 0.380 e. The third-order valence-corrected chi connectivity index (χ3v) is 4.23. The Balaban J connectivity index is 1.80. The highest BCUT2D eigenvalue weighted by Crippen LogP contribution is 2.30. The molecule has 2 N–H and O–H groups in total. The summed E-state index contributed by atoms with van der Waals surface area (Å²) in [6.07, 6.45) is 2.52. The second-order valence-electron chi connectivity index (χ2n) is 5.63. The fraction of sp³-hybridized carbons (Fsp3) is 0.562. The normalized spacial score (nSPS) is 25.4. The van der Waals surface area contributed by atoms with Gasteiger partial charge in [-0.15, -0.1) is 0 Å². The van der Waals surface area contributed by atoms with Crippen LogP contribution in [-0.2, 0) is 16.1 Å². The SMILES string of the molecule is COCc1ccccc1C1CN=C(N)N1CC1CCCO1. The fourth-order valence-corrected chi connectivity index (χ4v) is 3.17. The van der Waals surface area contributed by atoms with Crippen molar-refractivity contribution in [2.24, 2.45) is 10.7 Å². The van der Waals surface area contributed by atoms with Gasteiger partial charge in [-0.2, -0.15) is 0 Å². The maximum Gasteiger partial charge on any atom is 0.192 e. The maximum atomic E-state index is 6.10. The lowest BCUT2D eigenvalue weighted by Gasteiger charge is -2.30. The van der Waals surface area contributed by atoms with Crippen LogP contribution in [0.1, 0.15) is 30.0 Å². The van der Waals surface area contributed by atoms with Crippen LogP contribution >= 0.6 is 0 Å². The number of aliphatic imine (C=N–C) groups is 1. The minimum atomic E-state index is 0.195. The fourth-order valence-electron chi connectivity index (χ4n) is 3.17. The molecule has 2 heterocycles. The quantitative estimate of drug-likeness (QED) is 0.896. The number of hydrogen-bond acceptors (Lipinski definition) is 5. The van der Waals surface area contributed by atoms with Crippen molar-refractivity contribution in [1.29, 1.82) is 0 Å². The minimum Gasteiger partial charge on any atom is -0.380 e. The summed E-state index contributed by atoms with van der Waals surface area (Å²) >= 11 is 0. The molecule has 0 bridgehead atoms. The minimum absolute atomic E-state index is 0.195. The van der Waals surface area contributed by atoms with Gasteiger partial charge in [0.1, 0.15) is 0 Å². The van der Waals surface area contributed by atoms with E-state index in [1.807, 2.05) is 6.07 Å². The Bertz CT molecular complexity index is 512. The number of rotatable bonds is 5. The lowest BCUT2D eigenvalue weighted by atomic mass is 9.99. The highest BCUT2D eigenvalue weighted by molar-refractivity contribution is 5.80. The molecule has 2 atom stereocenters. The van der Waals surface area contributed by atoms with Crippen molar-refractivity contribution >= 4 is 5.96 Å². The number of methoxy groups -OCH3 is 1. The lowest BCUT2D eigenvalue weighted by molar-refractivity contribution is 0.0849. The Hall–Kier alpha value is -1.59. The maximum absolute atomic E-state index is 6.10. The summed E-state index contributed by atoms with van der Waals surface area (Å²) in [4.78, 5) is 6.63. The van der Waals surface area contributed by atoms with E-state index in [1.165, 1.54) is 11.1 Å². The second kappa shape index (κ2) is 6.45. The van der Waals surface area contributed by atoms with Gasteiger partial charge in [0.25, 0.3) is 0 Å². The predicted octanol–water partition coefficient (Wildman–Crippen LogP) is 1.68. The molecule has 0 radical (unpaired) electrons. The average molecular weight is 289 g/mol. The van der Waals surface area contributed by atoms with Gasteiger partial charge in [-0.3, -0.25) is 4.99 Å². The van der Waals surface area contributed by atoms with Crippen LogP contribution in [0.3, 0.4) is 0 Å². The van der Waals surface area contributed by atoms with E-state index in [0.717, 1.165) is 26.0 Å². The molecule has 0 aliphatic carbocycles. The summed E-state index contributed by atoms with van der Waals surface area (Å²) in [6, 6.07) is 8.56. The molecule has 2 aliphatic heterocycles. The first-order valence-electron chi connectivity index (χ1n) is 7.54. The van der Waals surface area contributed by atoms with Crippen LogP contribution in [0.15, 0.2) is 29.3 Å². The Morgan fingerprint density at radius 1 is 1.43 bits per heavy atom. The van der Waals surface area contributed by atoms with Crippen LogP contribution < -0.4 is 5.73 Å². The lowest BCUT2D eigenvalue weighted by Crippen LogP contribution is -2.41. The third-order valence-electron chi connectivity index (χ3n) is 4.23. The highest BCUT2D eigenvalue weighted by atomic mass is 16.5. The molecule has 2 aliphatic rings. The Kier molecular flexibility index (Phi) is 4.41. The number of hydrogen-bond donors (Lipinski definition) is 1. The highest BCUT2D eigenvalue weighted by Gasteiger charge is 2.31. The van der Waals surface area contributed by atoms with E-state index in [2.05, 4.69) is 28.1 Å². The summed E-state index contributed by atoms with van der Waals surface area (Å²) in [6.45, 7) is 3.00. The molecule has 5 nitrogen and oxygen atoms in total. The molecular weight excluding hydrogens is 266 g/mol. The number of nitrogens with two attached hydrogens (primary N) is 1. The van der Waals surface area contributed by atoms with Crippen LogP contribution in [0.5, 0.6) is 0 Å². The molecule has 1 aromatic rings. The third kappa shape index (κ3) is 3.04. The van der Waals surface area contributed by atoms with Gasteiger partial charge in [-0.05, 0) is 24.0 Å². The summed E-state index contributed by atoms with van der Waals surface area (Å²) < 4.78 is 11.1. The van der Waals surface area contributed by atoms with E-state index in [-0.39, 0.29) is 12.1 Å². The molecule has 21 heavy (non-hydrogen) atoms. The Morgan fingerprint density at radius 2 is 2.29 bits per heavy atom. The van der Waals surface area contributed by atoms with Gasteiger partial charge in [0, 0.05) is 20.3 Å². The average Bonchev–Trinajstić information content (AvgIpc) is 3.12. The molecule has 1 saturated heterocycles. The van der Waals surface area contributed by atoms with Crippen molar-refractivity contribution < 1.29 is 9.47 Å². The second-order valence-corrected chi connectivity index (χ2v) is 5.63. The van der Waals surface area contributed by atoms with Gasteiger partial charge in [-0.25, -0.2) is 0 Å². The number of ether oxygens (including phenoxy) is 2. The number of guanidine groups is 1. The standard InChI is InChI=1S/C16H23N3O2/c1-20-11-12-5-2-3-7-14(12)15-9-18-16(17)19(15)10-13-6-4-8-21-13/h2-3,5,7,13,15H,4,6,8-11H2,1H3,(H2,17,18). The molecule has 1 aromatic carbocycles. The van der Waals surface area contributed by atoms with Gasteiger partial charge < -0.3 is 20.1 Å². The van der Waals surface area contributed by atoms with E-state index in [9.17, 15) is 0 Å². The van der Waals surface area contributed by atoms with Gasteiger partial charge in [0.2, 0.25) is 0 Å². The van der Waals surface area contributed by atoms with Crippen molar-refractivity contribution in [1.82, 2.24) is 4.90 Å².